The summed E-state index contributed by atoms with van der Waals surface area (Å²) in [5.74, 6) is 0.431. The van der Waals surface area contributed by atoms with Gasteiger partial charge in [0.25, 0.3) is 0 Å². The molecule has 0 saturated carbocycles. The number of thioether (sulfide) groups is 1. The standard InChI is InChI=1S/C18H22N4O2S/c1-12-9-15(14(3)22(12)13(2)10-24-4)16(23)11-25-18-20-19-17-7-5-6-8-21(17)18/h5-9,13H,10-11H2,1-4H3. The van der Waals surface area contributed by atoms with Crippen LogP contribution in [-0.2, 0) is 4.74 Å². The number of fused-ring (bicyclic) bond motifs is 1. The van der Waals surface area contributed by atoms with Crippen LogP contribution in [0, 0.1) is 13.8 Å². The fourth-order valence-electron chi connectivity index (χ4n) is 3.18. The maximum atomic E-state index is 12.7. The van der Waals surface area contributed by atoms with Gasteiger partial charge in [0, 0.05) is 30.3 Å². The van der Waals surface area contributed by atoms with Crippen molar-refractivity contribution in [3.63, 3.8) is 0 Å². The molecule has 1 atom stereocenters. The van der Waals surface area contributed by atoms with Crippen molar-refractivity contribution >= 4 is 23.2 Å². The number of aryl methyl sites for hydroxylation is 1. The van der Waals surface area contributed by atoms with Crippen LogP contribution in [-0.4, -0.2) is 44.4 Å². The number of ether oxygens (including phenoxy) is 1. The van der Waals surface area contributed by atoms with Gasteiger partial charge in [0.15, 0.2) is 16.6 Å². The number of ketones is 1. The van der Waals surface area contributed by atoms with E-state index in [2.05, 4.69) is 21.7 Å². The number of carbonyl (C=O) groups is 1. The Morgan fingerprint density at radius 3 is 2.88 bits per heavy atom. The third kappa shape index (κ3) is 3.48. The number of aromatic nitrogens is 4. The van der Waals surface area contributed by atoms with Gasteiger partial charge < -0.3 is 9.30 Å². The molecule has 0 aliphatic rings. The van der Waals surface area contributed by atoms with E-state index in [0.29, 0.717) is 12.4 Å². The molecule has 1 unspecified atom stereocenters. The number of pyridine rings is 1. The first-order valence-electron chi connectivity index (χ1n) is 8.16. The second kappa shape index (κ2) is 7.41. The minimum atomic E-state index is 0.0987. The highest BCUT2D eigenvalue weighted by atomic mass is 32.2. The van der Waals surface area contributed by atoms with Gasteiger partial charge in [0.1, 0.15) is 0 Å². The Morgan fingerprint density at radius 2 is 2.12 bits per heavy atom. The van der Waals surface area contributed by atoms with Crippen molar-refractivity contribution in [3.8, 4) is 0 Å². The Bertz CT molecular complexity index is 900. The normalized spacial score (nSPS) is 12.6. The van der Waals surface area contributed by atoms with E-state index in [0.717, 1.165) is 27.8 Å². The van der Waals surface area contributed by atoms with Gasteiger partial charge in [-0.3, -0.25) is 9.20 Å². The van der Waals surface area contributed by atoms with Crippen molar-refractivity contribution in [3.05, 3.63) is 47.4 Å². The second-order valence-corrected chi connectivity index (χ2v) is 7.02. The summed E-state index contributed by atoms with van der Waals surface area (Å²) in [6.07, 6.45) is 1.90. The number of hydrogen-bond donors (Lipinski definition) is 0. The van der Waals surface area contributed by atoms with Gasteiger partial charge >= 0.3 is 0 Å². The molecular weight excluding hydrogens is 336 g/mol. The quantitative estimate of drug-likeness (QED) is 0.479. The van der Waals surface area contributed by atoms with E-state index in [-0.39, 0.29) is 11.8 Å². The lowest BCUT2D eigenvalue weighted by Crippen LogP contribution is -2.14. The van der Waals surface area contributed by atoms with Crippen molar-refractivity contribution in [1.29, 1.82) is 0 Å². The van der Waals surface area contributed by atoms with E-state index in [1.54, 1.807) is 7.11 Å². The lowest BCUT2D eigenvalue weighted by atomic mass is 10.2. The maximum absolute atomic E-state index is 12.7. The zero-order chi connectivity index (χ0) is 18.0. The van der Waals surface area contributed by atoms with Crippen LogP contribution < -0.4 is 0 Å². The predicted octanol–water partition coefficient (Wildman–Crippen LogP) is 3.33. The summed E-state index contributed by atoms with van der Waals surface area (Å²) < 4.78 is 9.30. The highest BCUT2D eigenvalue weighted by Gasteiger charge is 2.19. The predicted molar refractivity (Wildman–Crippen MR) is 98.5 cm³/mol. The number of nitrogens with zero attached hydrogens (tertiary/aromatic N) is 4. The smallest absolute Gasteiger partial charge is 0.196 e. The van der Waals surface area contributed by atoms with Crippen molar-refractivity contribution < 1.29 is 9.53 Å². The molecule has 0 saturated heterocycles. The molecule has 0 fully saturated rings. The van der Waals surface area contributed by atoms with Gasteiger partial charge in [-0.2, -0.15) is 0 Å². The summed E-state index contributed by atoms with van der Waals surface area (Å²) in [6, 6.07) is 7.89. The van der Waals surface area contributed by atoms with Crippen LogP contribution in [0.1, 0.15) is 34.7 Å². The minimum Gasteiger partial charge on any atom is -0.383 e. The molecule has 132 valence electrons. The van der Waals surface area contributed by atoms with Crippen LogP contribution in [0.15, 0.2) is 35.6 Å². The van der Waals surface area contributed by atoms with Gasteiger partial charge in [-0.15, -0.1) is 10.2 Å². The number of rotatable bonds is 7. The summed E-state index contributed by atoms with van der Waals surface area (Å²) in [5.41, 5.74) is 3.60. The lowest BCUT2D eigenvalue weighted by molar-refractivity contribution is 0.102. The topological polar surface area (TPSA) is 61.4 Å². The average molecular weight is 358 g/mol. The van der Waals surface area contributed by atoms with E-state index in [1.807, 2.05) is 48.7 Å². The molecule has 0 N–H and O–H groups in total. The highest BCUT2D eigenvalue weighted by Crippen LogP contribution is 2.24. The molecule has 0 aliphatic carbocycles. The van der Waals surface area contributed by atoms with Crippen LogP contribution in [0.4, 0.5) is 0 Å². The molecule has 0 bridgehead atoms. The molecule has 0 aromatic carbocycles. The number of hydrogen-bond acceptors (Lipinski definition) is 5. The summed E-state index contributed by atoms with van der Waals surface area (Å²) >= 11 is 1.41. The Kier molecular flexibility index (Phi) is 5.24. The molecule has 3 aromatic heterocycles. The summed E-state index contributed by atoms with van der Waals surface area (Å²) in [4.78, 5) is 12.7. The molecule has 25 heavy (non-hydrogen) atoms. The summed E-state index contributed by atoms with van der Waals surface area (Å²) in [7, 11) is 1.69. The van der Waals surface area contributed by atoms with Gasteiger partial charge in [-0.25, -0.2) is 0 Å². The van der Waals surface area contributed by atoms with E-state index < -0.39 is 0 Å². The van der Waals surface area contributed by atoms with Crippen molar-refractivity contribution in [1.82, 2.24) is 19.2 Å². The first-order valence-corrected chi connectivity index (χ1v) is 9.14. The van der Waals surface area contributed by atoms with Crippen molar-refractivity contribution in [2.24, 2.45) is 0 Å². The first kappa shape index (κ1) is 17.7. The Balaban J connectivity index is 1.76. The SMILES string of the molecule is COCC(C)n1c(C)cc(C(=O)CSc2nnc3ccccn23)c1C. The van der Waals surface area contributed by atoms with Crippen LogP contribution in [0.2, 0.25) is 0 Å². The van der Waals surface area contributed by atoms with Crippen molar-refractivity contribution in [2.45, 2.75) is 32.0 Å². The maximum Gasteiger partial charge on any atom is 0.196 e. The Hall–Kier alpha value is -2.12. The Morgan fingerprint density at radius 1 is 1.32 bits per heavy atom. The molecule has 0 aliphatic heterocycles. The average Bonchev–Trinajstić information content (AvgIpc) is 3.13. The van der Waals surface area contributed by atoms with E-state index >= 15 is 0 Å². The molecule has 3 rings (SSSR count). The Labute approximate surface area is 151 Å². The number of methoxy groups -OCH3 is 1. The van der Waals surface area contributed by atoms with Crippen molar-refractivity contribution in [2.75, 3.05) is 19.5 Å². The zero-order valence-corrected chi connectivity index (χ0v) is 15.7. The van der Waals surface area contributed by atoms with Crippen LogP contribution in [0.5, 0.6) is 0 Å². The molecule has 0 spiro atoms. The molecular formula is C18H22N4O2S. The van der Waals surface area contributed by atoms with E-state index in [1.165, 1.54) is 11.8 Å². The first-order chi connectivity index (χ1) is 12.0. The molecule has 7 heteroatoms. The lowest BCUT2D eigenvalue weighted by Gasteiger charge is -2.17. The van der Waals surface area contributed by atoms with Gasteiger partial charge in [-0.05, 0) is 39.0 Å². The van der Waals surface area contributed by atoms with Gasteiger partial charge in [0.05, 0.1) is 18.4 Å². The second-order valence-electron chi connectivity index (χ2n) is 6.08. The molecule has 0 radical (unpaired) electrons. The van der Waals surface area contributed by atoms with Crippen LogP contribution in [0.25, 0.3) is 5.65 Å². The molecule has 0 amide bonds. The van der Waals surface area contributed by atoms with E-state index in [9.17, 15) is 4.79 Å². The minimum absolute atomic E-state index is 0.0987. The highest BCUT2D eigenvalue weighted by molar-refractivity contribution is 7.99. The number of carbonyl (C=O) groups excluding carboxylic acids is 1. The zero-order valence-electron chi connectivity index (χ0n) is 14.9. The fraction of sp³-hybridized carbons (Fsp3) is 0.389. The van der Waals surface area contributed by atoms with Gasteiger partial charge in [0.2, 0.25) is 0 Å². The van der Waals surface area contributed by atoms with E-state index in [4.69, 9.17) is 4.74 Å². The fourth-order valence-corrected chi connectivity index (χ4v) is 3.99. The summed E-state index contributed by atoms with van der Waals surface area (Å²) in [6.45, 7) is 6.72. The monoisotopic (exact) mass is 358 g/mol. The third-order valence-corrected chi connectivity index (χ3v) is 5.19. The molecule has 6 nitrogen and oxygen atoms in total. The largest absolute Gasteiger partial charge is 0.383 e. The number of Topliss-reactive ketones (excluding diaryl/α,β-unsaturated/α-hetero) is 1. The third-order valence-electron chi connectivity index (χ3n) is 4.25. The summed E-state index contributed by atoms with van der Waals surface area (Å²) in [5, 5.41) is 9.00. The molecule has 3 heterocycles. The van der Waals surface area contributed by atoms with Crippen LogP contribution in [0.3, 0.4) is 0 Å². The van der Waals surface area contributed by atoms with Gasteiger partial charge in [-0.1, -0.05) is 17.8 Å². The molecule has 3 aromatic rings. The van der Waals surface area contributed by atoms with Crippen LogP contribution >= 0.6 is 11.8 Å².